The van der Waals surface area contributed by atoms with Crippen LogP contribution in [0.15, 0.2) is 12.1 Å². The van der Waals surface area contributed by atoms with Gasteiger partial charge in [-0.3, -0.25) is 0 Å². The van der Waals surface area contributed by atoms with Crippen molar-refractivity contribution in [2.45, 2.75) is 33.6 Å². The van der Waals surface area contributed by atoms with Crippen LogP contribution in [0.5, 0.6) is 0 Å². The molecule has 5 nitrogen and oxygen atoms in total. The van der Waals surface area contributed by atoms with Gasteiger partial charge in [-0.15, -0.1) is 0 Å². The van der Waals surface area contributed by atoms with Crippen molar-refractivity contribution in [3.63, 3.8) is 0 Å². The van der Waals surface area contributed by atoms with Crippen LogP contribution in [0.25, 0.3) is 0 Å². The van der Waals surface area contributed by atoms with Crippen molar-refractivity contribution >= 4 is 11.8 Å². The first-order chi connectivity index (χ1) is 8.88. The fraction of sp³-hybridized carbons (Fsp3) is 0.571. The number of hydrogen-bond acceptors (Lipinski definition) is 4. The van der Waals surface area contributed by atoms with Gasteiger partial charge in [0.1, 0.15) is 5.82 Å². The number of pyridine rings is 1. The van der Waals surface area contributed by atoms with Gasteiger partial charge in [0.05, 0.1) is 5.56 Å². The zero-order valence-electron chi connectivity index (χ0n) is 11.7. The Morgan fingerprint density at radius 2 is 2.11 bits per heavy atom. The summed E-state index contributed by atoms with van der Waals surface area (Å²) in [6.45, 7) is 6.79. The van der Waals surface area contributed by atoms with Crippen molar-refractivity contribution in [1.29, 1.82) is 0 Å². The van der Waals surface area contributed by atoms with Crippen molar-refractivity contribution in [2.24, 2.45) is 5.41 Å². The third kappa shape index (κ3) is 4.87. The maximum absolute atomic E-state index is 11.0. The zero-order chi connectivity index (χ0) is 14.5. The lowest BCUT2D eigenvalue weighted by Crippen LogP contribution is -2.24. The Labute approximate surface area is 113 Å². The Bertz CT molecular complexity index is 444. The zero-order valence-corrected chi connectivity index (χ0v) is 11.7. The predicted octanol–water partition coefficient (Wildman–Crippen LogP) is 2.16. The van der Waals surface area contributed by atoms with E-state index in [0.29, 0.717) is 25.2 Å². The van der Waals surface area contributed by atoms with E-state index in [4.69, 9.17) is 10.2 Å². The molecule has 0 fully saturated rings. The number of aromatic nitrogens is 1. The van der Waals surface area contributed by atoms with Gasteiger partial charge in [0.15, 0.2) is 0 Å². The molecule has 0 spiro atoms. The highest BCUT2D eigenvalue weighted by atomic mass is 16.4. The highest BCUT2D eigenvalue weighted by molar-refractivity contribution is 5.88. The molecule has 0 aliphatic carbocycles. The van der Waals surface area contributed by atoms with Gasteiger partial charge in [0.2, 0.25) is 0 Å². The topological polar surface area (TPSA) is 82.5 Å². The van der Waals surface area contributed by atoms with Crippen LogP contribution in [0.4, 0.5) is 5.82 Å². The number of aliphatic hydroxyl groups excluding tert-OH is 1. The van der Waals surface area contributed by atoms with Crippen LogP contribution in [0, 0.1) is 5.41 Å². The van der Waals surface area contributed by atoms with Crippen LogP contribution in [0.3, 0.4) is 0 Å². The normalized spacial score (nSPS) is 11.4. The van der Waals surface area contributed by atoms with E-state index in [0.717, 1.165) is 5.69 Å². The van der Waals surface area contributed by atoms with Crippen LogP contribution >= 0.6 is 0 Å². The van der Waals surface area contributed by atoms with E-state index in [9.17, 15) is 4.79 Å². The number of carboxylic acids is 1. The number of rotatable bonds is 7. The van der Waals surface area contributed by atoms with E-state index < -0.39 is 5.97 Å². The summed E-state index contributed by atoms with van der Waals surface area (Å²) in [5.41, 5.74) is 0.930. The first kappa shape index (κ1) is 15.4. The SMILES string of the molecule is CCc1cc(C(=O)O)cc(NCC(C)(C)CCO)n1. The molecule has 0 aliphatic rings. The summed E-state index contributed by atoms with van der Waals surface area (Å²) in [6, 6.07) is 3.13. The summed E-state index contributed by atoms with van der Waals surface area (Å²) in [7, 11) is 0. The summed E-state index contributed by atoms with van der Waals surface area (Å²) < 4.78 is 0. The van der Waals surface area contributed by atoms with E-state index in [1.54, 1.807) is 6.07 Å². The van der Waals surface area contributed by atoms with Gasteiger partial charge in [-0.25, -0.2) is 9.78 Å². The van der Waals surface area contributed by atoms with Crippen LogP contribution in [-0.2, 0) is 6.42 Å². The molecule has 0 atom stereocenters. The van der Waals surface area contributed by atoms with Crippen molar-refractivity contribution in [3.05, 3.63) is 23.4 Å². The summed E-state index contributed by atoms with van der Waals surface area (Å²) in [4.78, 5) is 15.4. The fourth-order valence-corrected chi connectivity index (χ4v) is 1.70. The van der Waals surface area contributed by atoms with Crippen LogP contribution in [-0.4, -0.2) is 34.3 Å². The molecular formula is C14H22N2O3. The number of anilines is 1. The van der Waals surface area contributed by atoms with Gasteiger partial charge < -0.3 is 15.5 Å². The summed E-state index contributed by atoms with van der Waals surface area (Å²) in [6.07, 6.45) is 1.37. The molecule has 5 heteroatoms. The minimum atomic E-state index is -0.949. The Balaban J connectivity index is 2.83. The lowest BCUT2D eigenvalue weighted by atomic mass is 9.90. The quantitative estimate of drug-likeness (QED) is 0.704. The molecule has 0 unspecified atom stereocenters. The van der Waals surface area contributed by atoms with Gasteiger partial charge >= 0.3 is 5.97 Å². The molecule has 19 heavy (non-hydrogen) atoms. The molecule has 1 heterocycles. The molecular weight excluding hydrogens is 244 g/mol. The monoisotopic (exact) mass is 266 g/mol. The largest absolute Gasteiger partial charge is 0.478 e. The molecule has 0 aromatic carbocycles. The second kappa shape index (κ2) is 6.52. The van der Waals surface area contributed by atoms with Gasteiger partial charge in [-0.05, 0) is 30.4 Å². The molecule has 0 saturated carbocycles. The van der Waals surface area contributed by atoms with Gasteiger partial charge in [-0.2, -0.15) is 0 Å². The summed E-state index contributed by atoms with van der Waals surface area (Å²) in [5.74, 6) is -0.377. The highest BCUT2D eigenvalue weighted by Gasteiger charge is 2.17. The average molecular weight is 266 g/mol. The Kier molecular flexibility index (Phi) is 5.30. The molecule has 0 radical (unpaired) electrons. The lowest BCUT2D eigenvalue weighted by molar-refractivity contribution is 0.0696. The summed E-state index contributed by atoms with van der Waals surface area (Å²) >= 11 is 0. The fourth-order valence-electron chi connectivity index (χ4n) is 1.70. The number of carbonyl (C=O) groups is 1. The van der Waals surface area contributed by atoms with E-state index in [2.05, 4.69) is 10.3 Å². The van der Waals surface area contributed by atoms with Crippen molar-refractivity contribution in [2.75, 3.05) is 18.5 Å². The van der Waals surface area contributed by atoms with E-state index in [1.807, 2.05) is 20.8 Å². The summed E-state index contributed by atoms with van der Waals surface area (Å²) in [5, 5.41) is 21.2. The number of carboxylic acid groups (broad SMARTS) is 1. The van der Waals surface area contributed by atoms with E-state index >= 15 is 0 Å². The first-order valence-corrected chi connectivity index (χ1v) is 6.47. The van der Waals surface area contributed by atoms with Crippen molar-refractivity contribution in [1.82, 2.24) is 4.98 Å². The van der Waals surface area contributed by atoms with Gasteiger partial charge in [0, 0.05) is 18.8 Å². The number of nitrogens with zero attached hydrogens (tertiary/aromatic N) is 1. The number of aliphatic hydroxyl groups is 1. The Morgan fingerprint density at radius 1 is 1.42 bits per heavy atom. The molecule has 1 aromatic heterocycles. The van der Waals surface area contributed by atoms with Crippen LogP contribution in [0.2, 0.25) is 0 Å². The Hall–Kier alpha value is -1.62. The second-order valence-corrected chi connectivity index (χ2v) is 5.38. The number of aryl methyl sites for hydroxylation is 1. The number of aromatic carboxylic acids is 1. The molecule has 3 N–H and O–H groups in total. The lowest BCUT2D eigenvalue weighted by Gasteiger charge is -2.24. The van der Waals surface area contributed by atoms with Gasteiger partial charge in [-0.1, -0.05) is 20.8 Å². The van der Waals surface area contributed by atoms with Crippen LogP contribution in [0.1, 0.15) is 43.2 Å². The third-order valence-electron chi connectivity index (χ3n) is 3.02. The van der Waals surface area contributed by atoms with Gasteiger partial charge in [0.25, 0.3) is 0 Å². The van der Waals surface area contributed by atoms with E-state index in [-0.39, 0.29) is 17.6 Å². The van der Waals surface area contributed by atoms with Crippen molar-refractivity contribution < 1.29 is 15.0 Å². The minimum absolute atomic E-state index is 0.0674. The number of nitrogens with one attached hydrogen (secondary N) is 1. The first-order valence-electron chi connectivity index (χ1n) is 6.47. The third-order valence-corrected chi connectivity index (χ3v) is 3.02. The molecule has 0 aliphatic heterocycles. The molecule has 0 saturated heterocycles. The maximum atomic E-state index is 11.0. The standard InChI is InChI=1S/C14H22N2O3/c1-4-11-7-10(13(18)19)8-12(16-11)15-9-14(2,3)5-6-17/h7-8,17H,4-6,9H2,1-3H3,(H,15,16)(H,18,19). The molecule has 1 aromatic rings. The minimum Gasteiger partial charge on any atom is -0.478 e. The molecule has 1 rings (SSSR count). The van der Waals surface area contributed by atoms with Crippen molar-refractivity contribution in [3.8, 4) is 0 Å². The average Bonchev–Trinajstić information content (AvgIpc) is 2.36. The Morgan fingerprint density at radius 3 is 2.63 bits per heavy atom. The van der Waals surface area contributed by atoms with E-state index in [1.165, 1.54) is 6.07 Å². The van der Waals surface area contributed by atoms with Crippen LogP contribution < -0.4 is 5.32 Å². The molecule has 0 bridgehead atoms. The number of hydrogen-bond donors (Lipinski definition) is 3. The second-order valence-electron chi connectivity index (χ2n) is 5.38. The predicted molar refractivity (Wildman–Crippen MR) is 74.5 cm³/mol. The highest BCUT2D eigenvalue weighted by Crippen LogP contribution is 2.21. The smallest absolute Gasteiger partial charge is 0.335 e. The maximum Gasteiger partial charge on any atom is 0.335 e. The molecule has 0 amide bonds. The molecule has 106 valence electrons.